The highest BCUT2D eigenvalue weighted by Crippen LogP contribution is 2.36. The smallest absolute Gasteiger partial charge is 0.265 e. The first-order valence-electron chi connectivity index (χ1n) is 12.3. The number of hydrogen-bond donors (Lipinski definition) is 2. The lowest BCUT2D eigenvalue weighted by Gasteiger charge is -2.33. The Morgan fingerprint density at radius 2 is 1.91 bits per heavy atom. The molecule has 0 unspecified atom stereocenters. The van der Waals surface area contributed by atoms with Crippen molar-refractivity contribution in [1.29, 1.82) is 0 Å². The molecule has 2 N–H and O–H groups in total. The van der Waals surface area contributed by atoms with Crippen LogP contribution in [0.3, 0.4) is 0 Å². The molecule has 3 aliphatic rings. The van der Waals surface area contributed by atoms with Gasteiger partial charge in [-0.25, -0.2) is 8.42 Å². The second-order valence-corrected chi connectivity index (χ2v) is 11.8. The Morgan fingerprint density at radius 1 is 1.18 bits per heavy atom. The van der Waals surface area contributed by atoms with Crippen LogP contribution < -0.4 is 15.4 Å². The van der Waals surface area contributed by atoms with Crippen molar-refractivity contribution in [2.24, 2.45) is 11.8 Å². The lowest BCUT2D eigenvalue weighted by atomic mass is 9.98. The highest BCUT2D eigenvalue weighted by atomic mass is 32.2. The number of sulfonamides is 1. The molecule has 9 nitrogen and oxygen atoms in total. The number of hydrogen-bond acceptors (Lipinski definition) is 6. The lowest BCUT2D eigenvalue weighted by Crippen LogP contribution is -2.47. The molecule has 1 aromatic rings. The molecule has 3 heterocycles. The van der Waals surface area contributed by atoms with Crippen molar-refractivity contribution in [1.82, 2.24) is 14.5 Å². The van der Waals surface area contributed by atoms with Crippen LogP contribution >= 0.6 is 0 Å². The fourth-order valence-electron chi connectivity index (χ4n) is 4.90. The van der Waals surface area contributed by atoms with E-state index in [1.807, 2.05) is 0 Å². The molecule has 3 aliphatic heterocycles. The summed E-state index contributed by atoms with van der Waals surface area (Å²) in [5.74, 6) is 0.413. The fraction of sp³-hybridized carbons (Fsp3) is 0.667. The van der Waals surface area contributed by atoms with Crippen LogP contribution in [0.4, 0.5) is 5.69 Å². The molecule has 4 rings (SSSR count). The van der Waals surface area contributed by atoms with E-state index in [4.69, 9.17) is 4.74 Å². The van der Waals surface area contributed by atoms with Gasteiger partial charge in [-0.3, -0.25) is 9.59 Å². The molecule has 34 heavy (non-hydrogen) atoms. The van der Waals surface area contributed by atoms with E-state index >= 15 is 0 Å². The second-order valence-electron chi connectivity index (χ2n) is 9.88. The van der Waals surface area contributed by atoms with Gasteiger partial charge in [0.1, 0.15) is 5.75 Å². The molecule has 2 amide bonds. The van der Waals surface area contributed by atoms with E-state index in [9.17, 15) is 18.0 Å². The highest BCUT2D eigenvalue weighted by molar-refractivity contribution is 7.89. The highest BCUT2D eigenvalue weighted by Gasteiger charge is 2.35. The third-order valence-corrected chi connectivity index (χ3v) is 9.19. The average molecular weight is 493 g/mol. The van der Waals surface area contributed by atoms with E-state index in [2.05, 4.69) is 22.5 Å². The first kappa shape index (κ1) is 24.9. The Balaban J connectivity index is 1.39. The van der Waals surface area contributed by atoms with Crippen molar-refractivity contribution in [3.63, 3.8) is 0 Å². The number of piperidine rings is 2. The van der Waals surface area contributed by atoms with Crippen LogP contribution in [0, 0.1) is 18.8 Å². The number of amides is 2. The van der Waals surface area contributed by atoms with E-state index in [0.717, 1.165) is 25.6 Å². The molecule has 0 spiro atoms. The third kappa shape index (κ3) is 5.39. The number of benzene rings is 1. The van der Waals surface area contributed by atoms with Crippen molar-refractivity contribution in [3.05, 3.63) is 17.7 Å². The summed E-state index contributed by atoms with van der Waals surface area (Å²) >= 11 is 0. The van der Waals surface area contributed by atoms with Gasteiger partial charge in [-0.2, -0.15) is 4.31 Å². The molecule has 2 saturated heterocycles. The molecule has 0 aromatic heterocycles. The number of fused-ring (bicyclic) bond motifs is 1. The summed E-state index contributed by atoms with van der Waals surface area (Å²) in [5, 5.41) is 5.77. The van der Waals surface area contributed by atoms with Gasteiger partial charge < -0.3 is 20.3 Å². The molecule has 10 heteroatoms. The summed E-state index contributed by atoms with van der Waals surface area (Å²) in [6, 6.07) is 3.11. The maximum Gasteiger partial charge on any atom is 0.265 e. The number of aryl methyl sites for hydroxylation is 1. The number of rotatable bonds is 6. The predicted molar refractivity (Wildman–Crippen MR) is 129 cm³/mol. The molecular formula is C24H36N4O5S. The Hall–Kier alpha value is -2.17. The minimum absolute atomic E-state index is 0.0766. The van der Waals surface area contributed by atoms with Crippen molar-refractivity contribution in [2.75, 3.05) is 44.6 Å². The van der Waals surface area contributed by atoms with Gasteiger partial charge in [0.05, 0.1) is 16.5 Å². The number of likely N-dealkylation sites (tertiary alicyclic amines) is 1. The summed E-state index contributed by atoms with van der Waals surface area (Å²) < 4.78 is 34.0. The van der Waals surface area contributed by atoms with Gasteiger partial charge in [0.15, 0.2) is 6.10 Å². The first-order valence-corrected chi connectivity index (χ1v) is 13.7. The van der Waals surface area contributed by atoms with Crippen LogP contribution in [0.15, 0.2) is 17.0 Å². The van der Waals surface area contributed by atoms with Crippen LogP contribution in [-0.2, 0) is 19.6 Å². The Bertz CT molecular complexity index is 1040. The molecule has 2 fully saturated rings. The quantitative estimate of drug-likeness (QED) is 0.629. The van der Waals surface area contributed by atoms with Gasteiger partial charge in [-0.1, -0.05) is 6.92 Å². The van der Waals surface area contributed by atoms with Crippen LogP contribution in [0.1, 0.15) is 45.1 Å². The zero-order chi connectivity index (χ0) is 24.5. The normalized spacial score (nSPS) is 24.7. The SMILES string of the molecule is Cc1cc2c(cc1S(=O)(=O)N1CCC[C@@H](C(=O)NCCN3CCC(C)CC3)C1)O[C@@H](C)C(=O)N2. The minimum Gasteiger partial charge on any atom is -0.479 e. The average Bonchev–Trinajstić information content (AvgIpc) is 2.81. The lowest BCUT2D eigenvalue weighted by molar-refractivity contribution is -0.126. The molecule has 2 atom stereocenters. The fourth-order valence-corrected chi connectivity index (χ4v) is 6.65. The molecule has 188 valence electrons. The third-order valence-electron chi connectivity index (χ3n) is 7.18. The van der Waals surface area contributed by atoms with Crippen molar-refractivity contribution < 1.29 is 22.7 Å². The van der Waals surface area contributed by atoms with E-state index < -0.39 is 16.1 Å². The van der Waals surface area contributed by atoms with E-state index in [-0.39, 0.29) is 29.2 Å². The summed E-state index contributed by atoms with van der Waals surface area (Å²) in [6.07, 6.45) is 3.01. The number of anilines is 1. The minimum atomic E-state index is -3.81. The first-order chi connectivity index (χ1) is 16.1. The van der Waals surface area contributed by atoms with Gasteiger partial charge in [0.2, 0.25) is 15.9 Å². The van der Waals surface area contributed by atoms with Gasteiger partial charge in [0, 0.05) is 32.2 Å². The molecule has 0 saturated carbocycles. The molecule has 0 radical (unpaired) electrons. The number of ether oxygens (including phenoxy) is 1. The van der Waals surface area contributed by atoms with Crippen LogP contribution in [0.25, 0.3) is 0 Å². The van der Waals surface area contributed by atoms with E-state index in [0.29, 0.717) is 42.9 Å². The summed E-state index contributed by atoms with van der Waals surface area (Å²) in [5.41, 5.74) is 0.998. The molecule has 1 aromatic carbocycles. The summed E-state index contributed by atoms with van der Waals surface area (Å²) in [6.45, 7) is 9.69. The molecular weight excluding hydrogens is 456 g/mol. The number of carbonyl (C=O) groups excluding carboxylic acids is 2. The van der Waals surface area contributed by atoms with Crippen molar-refractivity contribution in [3.8, 4) is 5.75 Å². The Morgan fingerprint density at radius 3 is 2.65 bits per heavy atom. The Labute approximate surface area is 202 Å². The zero-order valence-electron chi connectivity index (χ0n) is 20.3. The summed E-state index contributed by atoms with van der Waals surface area (Å²) in [7, 11) is -3.81. The maximum absolute atomic E-state index is 13.5. The van der Waals surface area contributed by atoms with Crippen LogP contribution in [-0.4, -0.2) is 74.8 Å². The largest absolute Gasteiger partial charge is 0.479 e. The topological polar surface area (TPSA) is 108 Å². The number of carbonyl (C=O) groups is 2. The monoisotopic (exact) mass is 492 g/mol. The van der Waals surface area contributed by atoms with Gasteiger partial charge in [-0.15, -0.1) is 0 Å². The van der Waals surface area contributed by atoms with E-state index in [1.165, 1.54) is 23.2 Å². The summed E-state index contributed by atoms with van der Waals surface area (Å²) in [4.78, 5) is 27.2. The standard InChI is InChI=1S/C24H36N4O5S/c1-16-6-10-27(11-7-16)12-8-25-24(30)19-5-4-9-28(15-19)34(31,32)22-14-21-20(13-17(22)2)26-23(29)18(3)33-21/h13-14,16,18-19H,4-12,15H2,1-3H3,(H,25,30)(H,26,29)/t18-,19+/m0/s1. The van der Waals surface area contributed by atoms with Crippen LogP contribution in [0.2, 0.25) is 0 Å². The Kier molecular flexibility index (Phi) is 7.49. The second kappa shape index (κ2) is 10.2. The van der Waals surface area contributed by atoms with Crippen molar-refractivity contribution in [2.45, 2.75) is 57.5 Å². The maximum atomic E-state index is 13.5. The van der Waals surface area contributed by atoms with Gasteiger partial charge in [0.25, 0.3) is 5.91 Å². The number of nitrogens with one attached hydrogen (secondary N) is 2. The zero-order valence-corrected chi connectivity index (χ0v) is 21.1. The van der Waals surface area contributed by atoms with Crippen LogP contribution in [0.5, 0.6) is 5.75 Å². The van der Waals surface area contributed by atoms with Crippen molar-refractivity contribution >= 4 is 27.5 Å². The predicted octanol–water partition coefficient (Wildman–Crippen LogP) is 1.96. The van der Waals surface area contributed by atoms with Gasteiger partial charge >= 0.3 is 0 Å². The van der Waals surface area contributed by atoms with E-state index in [1.54, 1.807) is 19.9 Å². The van der Waals surface area contributed by atoms with Gasteiger partial charge in [-0.05, 0) is 70.2 Å². The molecule has 0 aliphatic carbocycles. The molecule has 0 bridgehead atoms. The number of nitrogens with zero attached hydrogens (tertiary/aromatic N) is 2.